The fraction of sp³-hybridized carbons (Fsp3) is 0.500. The molecule has 2 N–H and O–H groups in total. The average molecular weight is 154 g/mol. The fourth-order valence-corrected chi connectivity index (χ4v) is 0.279. The number of rotatable bonds is 1. The average Bonchev–Trinajstić information content (AvgIpc) is 1.35. The lowest BCUT2D eigenvalue weighted by molar-refractivity contribution is 0.178. The van der Waals surface area contributed by atoms with Crippen molar-refractivity contribution in [2.75, 3.05) is 5.52 Å². The fourth-order valence-electron chi connectivity index (χ4n) is 0.0538. The molecule has 0 rings (SSSR count). The van der Waals surface area contributed by atoms with Crippen LogP contribution in [0.1, 0.15) is 0 Å². The molecule has 0 aliphatic carbocycles. The molecule has 0 unspecified atom stereocenters. The number of primary amides is 1. The Kier molecular flexibility index (Phi) is 2.84. The van der Waals surface area contributed by atoms with Gasteiger partial charge in [-0.3, -0.25) is 0 Å². The van der Waals surface area contributed by atoms with Gasteiger partial charge in [0.1, 0.15) is 5.52 Å². The van der Waals surface area contributed by atoms with Gasteiger partial charge in [0.05, 0.1) is 0 Å². The number of amides is 1. The van der Waals surface area contributed by atoms with Gasteiger partial charge >= 0.3 is 6.09 Å². The predicted octanol–water partition coefficient (Wildman–Crippen LogP) is 0.434. The molecule has 0 aromatic rings. The second-order valence-electron chi connectivity index (χ2n) is 0.572. The van der Waals surface area contributed by atoms with Crippen molar-refractivity contribution in [1.82, 2.24) is 0 Å². The molecule has 0 atom stereocenters. The van der Waals surface area contributed by atoms with Gasteiger partial charge in [-0.25, -0.2) is 4.79 Å². The van der Waals surface area contributed by atoms with E-state index in [4.69, 9.17) is 0 Å². The van der Waals surface area contributed by atoms with Crippen molar-refractivity contribution >= 4 is 22.0 Å². The highest BCUT2D eigenvalue weighted by molar-refractivity contribution is 9.09. The highest BCUT2D eigenvalue weighted by Gasteiger charge is 1.83. The Morgan fingerprint density at radius 2 is 2.50 bits per heavy atom. The van der Waals surface area contributed by atoms with Crippen molar-refractivity contribution < 1.29 is 9.53 Å². The van der Waals surface area contributed by atoms with Gasteiger partial charge in [0.15, 0.2) is 0 Å². The molecule has 0 saturated carbocycles. The quantitative estimate of drug-likeness (QED) is 0.556. The Hall–Kier alpha value is -0.250. The minimum atomic E-state index is -0.758. The van der Waals surface area contributed by atoms with Crippen LogP contribution in [0.2, 0.25) is 0 Å². The van der Waals surface area contributed by atoms with Crippen molar-refractivity contribution in [2.24, 2.45) is 5.73 Å². The topological polar surface area (TPSA) is 52.3 Å². The Balaban J connectivity index is 2.83. The Morgan fingerprint density at radius 3 is 2.50 bits per heavy atom. The van der Waals surface area contributed by atoms with Crippen LogP contribution in [0.15, 0.2) is 0 Å². The molecule has 0 saturated heterocycles. The molecule has 0 heterocycles. The van der Waals surface area contributed by atoms with Crippen LogP contribution in [0.4, 0.5) is 4.79 Å². The minimum Gasteiger partial charge on any atom is -0.438 e. The maximum atomic E-state index is 9.57. The molecule has 3 nitrogen and oxygen atoms in total. The molecule has 1 amide bonds. The van der Waals surface area contributed by atoms with E-state index in [2.05, 4.69) is 26.4 Å². The van der Waals surface area contributed by atoms with Crippen LogP contribution < -0.4 is 5.73 Å². The molecular weight excluding hydrogens is 150 g/mol. The molecule has 0 spiro atoms. The Morgan fingerprint density at radius 1 is 2.00 bits per heavy atom. The van der Waals surface area contributed by atoms with Crippen LogP contribution in [0.5, 0.6) is 0 Å². The van der Waals surface area contributed by atoms with E-state index in [9.17, 15) is 4.79 Å². The summed E-state index contributed by atoms with van der Waals surface area (Å²) < 4.78 is 4.10. The van der Waals surface area contributed by atoms with Gasteiger partial charge in [-0.15, -0.1) is 0 Å². The van der Waals surface area contributed by atoms with Crippen LogP contribution in [-0.2, 0) is 4.74 Å². The largest absolute Gasteiger partial charge is 0.438 e. The van der Waals surface area contributed by atoms with E-state index in [-0.39, 0.29) is 5.52 Å². The lowest BCUT2D eigenvalue weighted by Gasteiger charge is -1.87. The molecule has 0 aliphatic rings. The first-order valence-electron chi connectivity index (χ1n) is 1.25. The van der Waals surface area contributed by atoms with Gasteiger partial charge in [-0.05, 0) is 15.9 Å². The van der Waals surface area contributed by atoms with Crippen LogP contribution in [0, 0.1) is 0 Å². The molecule has 0 aliphatic heterocycles. The number of carbonyl (C=O) groups is 1. The van der Waals surface area contributed by atoms with E-state index in [1.54, 1.807) is 0 Å². The summed E-state index contributed by atoms with van der Waals surface area (Å²) in [5.74, 6) is 0. The molecule has 0 radical (unpaired) electrons. The van der Waals surface area contributed by atoms with Crippen molar-refractivity contribution in [3.8, 4) is 0 Å². The number of halogens is 1. The maximum Gasteiger partial charge on any atom is 0.405 e. The smallest absolute Gasteiger partial charge is 0.405 e. The third kappa shape index (κ3) is 3.75. The normalized spacial score (nSPS) is 7.50. The second-order valence-corrected chi connectivity index (χ2v) is 1.03. The summed E-state index contributed by atoms with van der Waals surface area (Å²) in [6.07, 6.45) is -0.758. The molecule has 0 aromatic carbocycles. The number of nitrogens with two attached hydrogens (primary N) is 1. The van der Waals surface area contributed by atoms with Gasteiger partial charge in [0.25, 0.3) is 0 Å². The predicted molar refractivity (Wildman–Crippen MR) is 24.5 cm³/mol. The lowest BCUT2D eigenvalue weighted by Crippen LogP contribution is -2.11. The zero-order valence-corrected chi connectivity index (χ0v) is 4.56. The molecule has 0 bridgehead atoms. The van der Waals surface area contributed by atoms with Gasteiger partial charge in [0.2, 0.25) is 0 Å². The van der Waals surface area contributed by atoms with Crippen LogP contribution >= 0.6 is 15.9 Å². The summed E-state index contributed by atoms with van der Waals surface area (Å²) in [7, 11) is 0. The summed E-state index contributed by atoms with van der Waals surface area (Å²) in [6, 6.07) is 0. The maximum absolute atomic E-state index is 9.57. The molecule has 36 valence electrons. The van der Waals surface area contributed by atoms with Crippen LogP contribution in [0.3, 0.4) is 0 Å². The van der Waals surface area contributed by atoms with Gasteiger partial charge < -0.3 is 10.5 Å². The highest BCUT2D eigenvalue weighted by atomic mass is 79.9. The van der Waals surface area contributed by atoms with E-state index in [1.807, 2.05) is 0 Å². The summed E-state index contributed by atoms with van der Waals surface area (Å²) in [6.45, 7) is 0. The molecular formula is C2H4BrNO2. The zero-order chi connectivity index (χ0) is 4.99. The summed E-state index contributed by atoms with van der Waals surface area (Å²) in [4.78, 5) is 9.57. The highest BCUT2D eigenvalue weighted by Crippen LogP contribution is 1.78. The first-order valence-corrected chi connectivity index (χ1v) is 2.37. The van der Waals surface area contributed by atoms with E-state index < -0.39 is 6.09 Å². The van der Waals surface area contributed by atoms with Crippen molar-refractivity contribution in [3.63, 3.8) is 0 Å². The lowest BCUT2D eigenvalue weighted by atomic mass is 11.3. The molecule has 0 aromatic heterocycles. The summed E-state index contributed by atoms with van der Waals surface area (Å²) >= 11 is 2.83. The summed E-state index contributed by atoms with van der Waals surface area (Å²) in [5, 5.41) is 0. The van der Waals surface area contributed by atoms with Gasteiger partial charge in [0, 0.05) is 0 Å². The van der Waals surface area contributed by atoms with E-state index in [0.29, 0.717) is 0 Å². The van der Waals surface area contributed by atoms with Crippen molar-refractivity contribution in [1.29, 1.82) is 0 Å². The molecule has 6 heavy (non-hydrogen) atoms. The SMILES string of the molecule is NC(=O)OCBr. The minimum absolute atomic E-state index is 0.169. The third-order valence-corrected chi connectivity index (χ3v) is 0.426. The van der Waals surface area contributed by atoms with Crippen LogP contribution in [0.25, 0.3) is 0 Å². The van der Waals surface area contributed by atoms with Crippen molar-refractivity contribution in [3.05, 3.63) is 0 Å². The standard InChI is InChI=1S/C2H4BrNO2/c3-1-6-2(4)5/h1H2,(H2,4,5). The Bertz CT molecular complexity index is 55.5. The molecule has 0 fully saturated rings. The third-order valence-electron chi connectivity index (χ3n) is 0.197. The number of carbonyl (C=O) groups excluding carboxylic acids is 1. The monoisotopic (exact) mass is 153 g/mol. The van der Waals surface area contributed by atoms with Gasteiger partial charge in [-0.1, -0.05) is 0 Å². The van der Waals surface area contributed by atoms with E-state index in [0.717, 1.165) is 0 Å². The molecule has 4 heteroatoms. The first-order chi connectivity index (χ1) is 2.77. The second kappa shape index (κ2) is 2.96. The Labute approximate surface area is 43.6 Å². The number of hydrogen-bond donors (Lipinski definition) is 1. The summed E-state index contributed by atoms with van der Waals surface area (Å²) in [5.41, 5.74) is 4.68. The zero-order valence-electron chi connectivity index (χ0n) is 2.98. The number of hydrogen-bond acceptors (Lipinski definition) is 2. The van der Waals surface area contributed by atoms with Crippen LogP contribution in [-0.4, -0.2) is 11.6 Å². The van der Waals surface area contributed by atoms with Crippen molar-refractivity contribution in [2.45, 2.75) is 0 Å². The van der Waals surface area contributed by atoms with Gasteiger partial charge in [-0.2, -0.15) is 0 Å². The number of alkyl halides is 1. The van der Waals surface area contributed by atoms with E-state index in [1.165, 1.54) is 0 Å². The first kappa shape index (κ1) is 5.75. The van der Waals surface area contributed by atoms with E-state index >= 15 is 0 Å². The number of ether oxygens (including phenoxy) is 1.